The van der Waals surface area contributed by atoms with Crippen molar-refractivity contribution in [2.45, 2.75) is 63.1 Å². The summed E-state index contributed by atoms with van der Waals surface area (Å²) in [5.41, 5.74) is 3.49. The lowest BCUT2D eigenvalue weighted by Gasteiger charge is -2.30. The quantitative estimate of drug-likeness (QED) is 0.735. The number of fused-ring (bicyclic) bond motifs is 1. The van der Waals surface area contributed by atoms with E-state index in [9.17, 15) is 4.79 Å². The van der Waals surface area contributed by atoms with Gasteiger partial charge in [0.25, 0.3) is 5.56 Å². The Labute approximate surface area is 164 Å². The molecule has 0 bridgehead atoms. The highest BCUT2D eigenvalue weighted by atomic mass is 16.1. The fourth-order valence-corrected chi connectivity index (χ4v) is 4.39. The summed E-state index contributed by atoms with van der Waals surface area (Å²) in [6.07, 6.45) is 8.49. The summed E-state index contributed by atoms with van der Waals surface area (Å²) >= 11 is 0. The number of pyridine rings is 1. The van der Waals surface area contributed by atoms with Gasteiger partial charge in [-0.1, -0.05) is 18.2 Å². The highest BCUT2D eigenvalue weighted by Crippen LogP contribution is 2.38. The van der Waals surface area contributed by atoms with Crippen LogP contribution in [0.2, 0.25) is 0 Å². The van der Waals surface area contributed by atoms with Crippen LogP contribution in [0.15, 0.2) is 53.5 Å². The normalized spacial score (nSPS) is 22.4. The minimum atomic E-state index is 0.0454. The van der Waals surface area contributed by atoms with Crippen molar-refractivity contribution in [1.82, 2.24) is 20.1 Å². The summed E-state index contributed by atoms with van der Waals surface area (Å²) < 4.78 is 1.76. The van der Waals surface area contributed by atoms with E-state index in [1.165, 1.54) is 23.8 Å². The van der Waals surface area contributed by atoms with E-state index >= 15 is 0 Å². The van der Waals surface area contributed by atoms with Gasteiger partial charge in [-0.05, 0) is 62.3 Å². The Hall–Kier alpha value is -2.53. The van der Waals surface area contributed by atoms with Gasteiger partial charge in [-0.25, -0.2) is 4.68 Å². The lowest BCUT2D eigenvalue weighted by Crippen LogP contribution is -2.36. The third-order valence-corrected chi connectivity index (χ3v) is 6.20. The van der Waals surface area contributed by atoms with Gasteiger partial charge < -0.3 is 5.32 Å². The molecule has 0 unspecified atom stereocenters. The van der Waals surface area contributed by atoms with Crippen LogP contribution in [0.1, 0.15) is 61.7 Å². The van der Waals surface area contributed by atoms with Crippen LogP contribution in [0.4, 0.5) is 0 Å². The molecular formula is C23H26N4O. The van der Waals surface area contributed by atoms with Crippen molar-refractivity contribution in [3.05, 3.63) is 70.3 Å². The highest BCUT2D eigenvalue weighted by Gasteiger charge is 2.28. The SMILES string of the molecule is O=c1ccc(C2CC2)nn1C1CCC(NCc2ccnc3ccccc23)CC1. The van der Waals surface area contributed by atoms with Crippen molar-refractivity contribution in [3.8, 4) is 0 Å². The van der Waals surface area contributed by atoms with Crippen molar-refractivity contribution < 1.29 is 0 Å². The number of aromatic nitrogens is 3. The zero-order valence-corrected chi connectivity index (χ0v) is 16.1. The van der Waals surface area contributed by atoms with E-state index in [0.717, 1.165) is 43.4 Å². The van der Waals surface area contributed by atoms with Crippen LogP contribution in [0.5, 0.6) is 0 Å². The molecule has 1 N–H and O–H groups in total. The first-order valence-corrected chi connectivity index (χ1v) is 10.4. The molecule has 3 aromatic rings. The molecule has 0 aliphatic heterocycles. The van der Waals surface area contributed by atoms with Gasteiger partial charge in [0.05, 0.1) is 17.3 Å². The van der Waals surface area contributed by atoms with Crippen molar-refractivity contribution in [3.63, 3.8) is 0 Å². The molecule has 2 aliphatic carbocycles. The number of rotatable bonds is 5. The second-order valence-electron chi connectivity index (χ2n) is 8.19. The Morgan fingerprint density at radius 1 is 0.964 bits per heavy atom. The van der Waals surface area contributed by atoms with Crippen LogP contribution in [0.3, 0.4) is 0 Å². The van der Waals surface area contributed by atoms with Crippen LogP contribution in [0, 0.1) is 0 Å². The fourth-order valence-electron chi connectivity index (χ4n) is 4.39. The highest BCUT2D eigenvalue weighted by molar-refractivity contribution is 5.81. The minimum absolute atomic E-state index is 0.0454. The van der Waals surface area contributed by atoms with E-state index in [-0.39, 0.29) is 11.6 Å². The minimum Gasteiger partial charge on any atom is -0.310 e. The van der Waals surface area contributed by atoms with E-state index in [1.54, 1.807) is 10.7 Å². The summed E-state index contributed by atoms with van der Waals surface area (Å²) in [5, 5.41) is 9.63. The fraction of sp³-hybridized carbons (Fsp3) is 0.435. The second kappa shape index (κ2) is 7.47. The summed E-state index contributed by atoms with van der Waals surface area (Å²) in [7, 11) is 0. The average Bonchev–Trinajstić information content (AvgIpc) is 3.58. The summed E-state index contributed by atoms with van der Waals surface area (Å²) in [4.78, 5) is 16.8. The van der Waals surface area contributed by atoms with Gasteiger partial charge in [-0.15, -0.1) is 0 Å². The predicted molar refractivity (Wildman–Crippen MR) is 110 cm³/mol. The van der Waals surface area contributed by atoms with E-state index in [1.807, 2.05) is 18.3 Å². The molecule has 0 atom stereocenters. The molecule has 0 radical (unpaired) electrons. The van der Waals surface area contributed by atoms with Gasteiger partial charge >= 0.3 is 0 Å². The molecule has 2 heterocycles. The Bertz CT molecular complexity index is 1030. The molecular weight excluding hydrogens is 348 g/mol. The van der Waals surface area contributed by atoms with Crippen molar-refractivity contribution in [2.75, 3.05) is 0 Å². The van der Waals surface area contributed by atoms with Crippen LogP contribution >= 0.6 is 0 Å². The molecule has 5 heteroatoms. The lowest BCUT2D eigenvalue weighted by atomic mass is 9.91. The van der Waals surface area contributed by atoms with Crippen molar-refractivity contribution >= 4 is 10.9 Å². The van der Waals surface area contributed by atoms with E-state index in [4.69, 9.17) is 0 Å². The smallest absolute Gasteiger partial charge is 0.267 e. The number of hydrogen-bond acceptors (Lipinski definition) is 4. The zero-order valence-electron chi connectivity index (χ0n) is 16.1. The molecule has 5 nitrogen and oxygen atoms in total. The summed E-state index contributed by atoms with van der Waals surface area (Å²) in [6.45, 7) is 0.855. The summed E-state index contributed by atoms with van der Waals surface area (Å²) in [5.74, 6) is 0.583. The maximum absolute atomic E-state index is 12.3. The molecule has 0 spiro atoms. The molecule has 5 rings (SSSR count). The molecule has 28 heavy (non-hydrogen) atoms. The van der Waals surface area contributed by atoms with E-state index < -0.39 is 0 Å². The molecule has 2 fully saturated rings. The standard InChI is InChI=1S/C23H26N4O/c28-23-12-11-21(16-5-6-16)26-27(23)19-9-7-18(8-10-19)25-15-17-13-14-24-22-4-2-1-3-20(17)22/h1-4,11-14,16,18-19,25H,5-10,15H2. The van der Waals surface area contributed by atoms with Gasteiger partial charge in [0.15, 0.2) is 0 Å². The van der Waals surface area contributed by atoms with Gasteiger partial charge in [0, 0.05) is 36.2 Å². The first-order chi connectivity index (χ1) is 13.8. The average molecular weight is 374 g/mol. The molecule has 144 valence electrons. The number of nitrogens with zero attached hydrogens (tertiary/aromatic N) is 3. The second-order valence-corrected chi connectivity index (χ2v) is 8.19. The molecule has 2 aliphatic rings. The van der Waals surface area contributed by atoms with E-state index in [0.29, 0.717) is 12.0 Å². The molecule has 0 amide bonds. The number of para-hydroxylation sites is 1. The largest absolute Gasteiger partial charge is 0.310 e. The van der Waals surface area contributed by atoms with Crippen LogP contribution in [-0.4, -0.2) is 20.8 Å². The predicted octanol–water partition coefficient (Wildman–Crippen LogP) is 3.94. The first-order valence-electron chi connectivity index (χ1n) is 10.4. The van der Waals surface area contributed by atoms with Crippen molar-refractivity contribution in [1.29, 1.82) is 0 Å². The molecule has 1 aromatic carbocycles. The number of hydrogen-bond donors (Lipinski definition) is 1. The third kappa shape index (κ3) is 3.59. The van der Waals surface area contributed by atoms with Crippen LogP contribution < -0.4 is 10.9 Å². The first kappa shape index (κ1) is 17.6. The third-order valence-electron chi connectivity index (χ3n) is 6.20. The van der Waals surface area contributed by atoms with E-state index in [2.05, 4.69) is 39.7 Å². The molecule has 0 saturated heterocycles. The Morgan fingerprint density at radius 3 is 2.61 bits per heavy atom. The number of nitrogens with one attached hydrogen (secondary N) is 1. The Balaban J connectivity index is 1.22. The monoisotopic (exact) mass is 374 g/mol. The van der Waals surface area contributed by atoms with Gasteiger partial charge in [-0.3, -0.25) is 9.78 Å². The van der Waals surface area contributed by atoms with Gasteiger partial charge in [0.1, 0.15) is 0 Å². The zero-order chi connectivity index (χ0) is 18.9. The molecule has 2 saturated carbocycles. The maximum atomic E-state index is 12.3. The Morgan fingerprint density at radius 2 is 1.79 bits per heavy atom. The topological polar surface area (TPSA) is 59.8 Å². The molecule has 2 aromatic heterocycles. The Kier molecular flexibility index (Phi) is 4.69. The van der Waals surface area contributed by atoms with Crippen molar-refractivity contribution in [2.24, 2.45) is 0 Å². The van der Waals surface area contributed by atoms with Gasteiger partial charge in [-0.2, -0.15) is 5.10 Å². The van der Waals surface area contributed by atoms with Crippen LogP contribution in [0.25, 0.3) is 10.9 Å². The number of benzene rings is 1. The lowest BCUT2D eigenvalue weighted by molar-refractivity contribution is 0.267. The summed E-state index contributed by atoms with van der Waals surface area (Å²) in [6, 6.07) is 14.8. The van der Waals surface area contributed by atoms with Crippen LogP contribution in [-0.2, 0) is 6.54 Å². The maximum Gasteiger partial charge on any atom is 0.267 e. The van der Waals surface area contributed by atoms with Gasteiger partial charge in [0.2, 0.25) is 0 Å².